The van der Waals surface area contributed by atoms with E-state index >= 15 is 0 Å². The van der Waals surface area contributed by atoms with Gasteiger partial charge in [0.2, 0.25) is 11.8 Å². The number of carbonyl (C=O) groups is 3. The second-order valence-corrected chi connectivity index (χ2v) is 19.4. The van der Waals surface area contributed by atoms with Crippen LogP contribution in [0.15, 0.2) is 24.8 Å². The van der Waals surface area contributed by atoms with Crippen molar-refractivity contribution in [3.63, 3.8) is 0 Å². The summed E-state index contributed by atoms with van der Waals surface area (Å²) < 4.78 is 62.2. The van der Waals surface area contributed by atoms with Gasteiger partial charge in [-0.25, -0.2) is 28.6 Å². The number of allylic oxidation sites excluding steroid dienone is 2. The zero-order valence-electron chi connectivity index (χ0n) is 32.8. The number of hydrogen-bond donors (Lipinski definition) is 10. The third-order valence-corrected chi connectivity index (χ3v) is 12.6. The molecule has 60 heavy (non-hydrogen) atoms. The van der Waals surface area contributed by atoms with Crippen LogP contribution in [0.25, 0.3) is 11.2 Å². The Balaban J connectivity index is 1.42. The zero-order valence-corrected chi connectivity index (χ0v) is 36.3. The molecule has 25 nitrogen and oxygen atoms in total. The first kappa shape index (κ1) is 51.6. The van der Waals surface area contributed by atoms with Crippen molar-refractivity contribution in [3.05, 3.63) is 24.8 Å². The molecule has 0 aliphatic carbocycles. The van der Waals surface area contributed by atoms with Gasteiger partial charge in [-0.2, -0.15) is 4.31 Å². The predicted molar refractivity (Wildman–Crippen MR) is 211 cm³/mol. The summed E-state index contributed by atoms with van der Waals surface area (Å²) in [7, 11) is -16.4. The number of aliphatic hydroxyl groups is 3. The predicted octanol–water partition coefficient (Wildman–Crippen LogP) is 0.552. The van der Waals surface area contributed by atoms with Crippen LogP contribution in [0.4, 0.5) is 5.82 Å². The molecule has 1 saturated heterocycles. The molecule has 8 unspecified atom stereocenters. The summed E-state index contributed by atoms with van der Waals surface area (Å²) in [6.45, 7) is 2.33. The number of ether oxygens (including phenoxy) is 1. The molecule has 2 amide bonds. The number of amides is 2. The van der Waals surface area contributed by atoms with Crippen LogP contribution in [-0.4, -0.2) is 134 Å². The van der Waals surface area contributed by atoms with Crippen LogP contribution in [0, 0.1) is 5.41 Å². The van der Waals surface area contributed by atoms with E-state index < -0.39 is 90.7 Å². The molecule has 0 saturated carbocycles. The van der Waals surface area contributed by atoms with Crippen molar-refractivity contribution in [2.45, 2.75) is 96.0 Å². The number of nitrogens with zero attached hydrogens (tertiary/aromatic N) is 4. The van der Waals surface area contributed by atoms with Crippen LogP contribution in [0.2, 0.25) is 0 Å². The number of aliphatic hydroxyl groups excluding tert-OH is 3. The summed E-state index contributed by atoms with van der Waals surface area (Å²) in [6.07, 6.45) is -0.817. The van der Waals surface area contributed by atoms with Gasteiger partial charge in [0.05, 0.1) is 25.6 Å². The molecule has 2 aromatic rings. The molecule has 0 aromatic carbocycles. The Morgan fingerprint density at radius 3 is 2.42 bits per heavy atom. The molecule has 29 heteroatoms. The van der Waals surface area contributed by atoms with Crippen molar-refractivity contribution >= 4 is 69.1 Å². The molecule has 8 atom stereocenters. The Morgan fingerprint density at radius 2 is 1.73 bits per heavy atom. The smallest absolute Gasteiger partial charge is 0.393 e. The van der Waals surface area contributed by atoms with E-state index in [-0.39, 0.29) is 41.6 Å². The van der Waals surface area contributed by atoms with Gasteiger partial charge >= 0.3 is 23.5 Å². The molecule has 0 spiro atoms. The number of imidazole rings is 1. The van der Waals surface area contributed by atoms with Gasteiger partial charge < -0.3 is 56.0 Å². The molecule has 340 valence electrons. The number of anilines is 1. The van der Waals surface area contributed by atoms with E-state index in [4.69, 9.17) is 19.5 Å². The van der Waals surface area contributed by atoms with Crippen LogP contribution in [0.5, 0.6) is 0 Å². The summed E-state index contributed by atoms with van der Waals surface area (Å²) in [5, 5.41) is 36.3. The van der Waals surface area contributed by atoms with Gasteiger partial charge in [0.25, 0.3) is 0 Å². The average molecular weight is 936 g/mol. The monoisotopic (exact) mass is 935 g/mol. The van der Waals surface area contributed by atoms with E-state index in [1.54, 1.807) is 0 Å². The van der Waals surface area contributed by atoms with Gasteiger partial charge in [0.15, 0.2) is 22.8 Å². The lowest BCUT2D eigenvalue weighted by Crippen LogP contribution is -2.46. The van der Waals surface area contributed by atoms with Crippen molar-refractivity contribution in [2.75, 3.05) is 37.8 Å². The first-order valence-electron chi connectivity index (χ1n) is 18.3. The quantitative estimate of drug-likeness (QED) is 0.0350. The van der Waals surface area contributed by atoms with Gasteiger partial charge in [-0.1, -0.05) is 37.8 Å². The Bertz CT molecular complexity index is 1940. The summed E-state index contributed by atoms with van der Waals surface area (Å²) in [5.41, 5.74) is 4.25. The highest BCUT2D eigenvalue weighted by Gasteiger charge is 2.50. The number of hydrogen-bond acceptors (Lipinski definition) is 19. The minimum Gasteiger partial charge on any atom is -0.393 e. The maximum atomic E-state index is 12.7. The fourth-order valence-corrected chi connectivity index (χ4v) is 9.00. The van der Waals surface area contributed by atoms with Gasteiger partial charge in [-0.3, -0.25) is 32.5 Å². The second kappa shape index (κ2) is 23.1. The summed E-state index contributed by atoms with van der Waals surface area (Å²) >= 11 is 1.05. The van der Waals surface area contributed by atoms with Crippen molar-refractivity contribution < 1.29 is 85.6 Å². The van der Waals surface area contributed by atoms with E-state index in [2.05, 4.69) is 34.4 Å². The molecule has 11 N–H and O–H groups in total. The second-order valence-electron chi connectivity index (χ2n) is 14.0. The van der Waals surface area contributed by atoms with E-state index in [9.17, 15) is 63.0 Å². The summed E-state index contributed by atoms with van der Waals surface area (Å²) in [6, 6.07) is 0. The Morgan fingerprint density at radius 1 is 1.03 bits per heavy atom. The SMILES string of the molecule is C/C=C/CCC(O)CCCC(=O)SCCNC(=O)CCNC(=O)C(O)C(C)(C)COP(=O)(O)OP(=O)(O)OCC1OC(n2cnc3c(N)ncnc32)C(O)C1OP(=O)(O)O. The average Bonchev–Trinajstić information content (AvgIpc) is 3.71. The van der Waals surface area contributed by atoms with Crippen molar-refractivity contribution in [3.8, 4) is 0 Å². The first-order valence-corrected chi connectivity index (χ1v) is 23.8. The minimum absolute atomic E-state index is 0.0269. The highest BCUT2D eigenvalue weighted by atomic mass is 32.2. The number of carbonyl (C=O) groups excluding carboxylic acids is 3. The van der Waals surface area contributed by atoms with Crippen molar-refractivity contribution in [1.29, 1.82) is 0 Å². The zero-order chi connectivity index (χ0) is 44.9. The maximum absolute atomic E-state index is 12.7. The van der Waals surface area contributed by atoms with Gasteiger partial charge in [0.1, 0.15) is 36.3 Å². The van der Waals surface area contributed by atoms with Crippen molar-refractivity contribution in [2.24, 2.45) is 5.41 Å². The molecule has 1 aliphatic rings. The third kappa shape index (κ3) is 16.9. The largest absolute Gasteiger partial charge is 0.481 e. The van der Waals surface area contributed by atoms with Crippen LogP contribution < -0.4 is 16.4 Å². The number of fused-ring (bicyclic) bond motifs is 1. The van der Waals surface area contributed by atoms with E-state index in [0.717, 1.165) is 35.4 Å². The standard InChI is InChI=1S/C31H52N7O18P3S/c1-4-5-6-8-19(39)9-7-10-22(41)60-14-13-33-21(40)11-12-34-29(44)26(43)31(2,3)16-53-59(50,51)56-58(48,49)52-15-20-25(55-57(45,46)47)24(42)30(54-20)38-18-37-23-27(32)35-17-36-28(23)38/h4-5,17-20,24-26,30,39,42-43H,6-16H2,1-3H3,(H,33,40)(H,34,44)(H,48,49)(H,50,51)(H2,32,35,36)(H2,45,46,47)/b5-4+. The number of thioether (sulfide) groups is 1. The molecule has 2 aromatic heterocycles. The molecule has 3 rings (SSSR count). The number of phosphoric acid groups is 3. The topological polar surface area (TPSA) is 384 Å². The molecule has 0 radical (unpaired) electrons. The molecule has 3 heterocycles. The Kier molecular flexibility index (Phi) is 19.9. The van der Waals surface area contributed by atoms with Gasteiger partial charge in [0, 0.05) is 37.1 Å². The number of nitrogen functional groups attached to an aromatic ring is 1. The molecular weight excluding hydrogens is 883 g/mol. The number of aromatic nitrogens is 4. The number of phosphoric ester groups is 3. The maximum Gasteiger partial charge on any atom is 0.481 e. The normalized spacial score (nSPS) is 21.7. The number of nitrogens with one attached hydrogen (secondary N) is 2. The molecule has 1 aliphatic heterocycles. The van der Waals surface area contributed by atoms with E-state index in [1.807, 2.05) is 19.1 Å². The lowest BCUT2D eigenvalue weighted by Gasteiger charge is -2.30. The summed E-state index contributed by atoms with van der Waals surface area (Å²) in [4.78, 5) is 87.8. The summed E-state index contributed by atoms with van der Waals surface area (Å²) in [5.74, 6) is -1.17. The minimum atomic E-state index is -5.58. The number of nitrogens with two attached hydrogens (primary N) is 1. The fourth-order valence-electron chi connectivity index (χ4n) is 5.45. The van der Waals surface area contributed by atoms with E-state index in [1.165, 1.54) is 13.8 Å². The van der Waals surface area contributed by atoms with Crippen LogP contribution in [-0.2, 0) is 50.7 Å². The highest BCUT2D eigenvalue weighted by molar-refractivity contribution is 8.13. The lowest BCUT2D eigenvalue weighted by atomic mass is 9.87. The van der Waals surface area contributed by atoms with Crippen LogP contribution >= 0.6 is 35.2 Å². The van der Waals surface area contributed by atoms with Crippen LogP contribution in [0.3, 0.4) is 0 Å². The fraction of sp³-hybridized carbons (Fsp3) is 0.677. The third-order valence-electron chi connectivity index (χ3n) is 8.59. The highest BCUT2D eigenvalue weighted by Crippen LogP contribution is 2.61. The van der Waals surface area contributed by atoms with Crippen molar-refractivity contribution in [1.82, 2.24) is 30.2 Å². The Hall–Kier alpha value is -2.74. The molecular formula is C31H52N7O18P3S. The van der Waals surface area contributed by atoms with Crippen LogP contribution in [0.1, 0.15) is 65.5 Å². The van der Waals surface area contributed by atoms with Gasteiger partial charge in [-0.15, -0.1) is 0 Å². The molecule has 0 bridgehead atoms. The van der Waals surface area contributed by atoms with Gasteiger partial charge in [-0.05, 0) is 32.6 Å². The Labute approximate surface area is 348 Å². The first-order chi connectivity index (χ1) is 27.9. The van der Waals surface area contributed by atoms with E-state index in [0.29, 0.717) is 31.4 Å². The molecule has 1 fully saturated rings. The number of rotatable bonds is 26. The lowest BCUT2D eigenvalue weighted by molar-refractivity contribution is -0.137.